The van der Waals surface area contributed by atoms with Crippen LogP contribution in [0, 0.1) is 6.92 Å². The van der Waals surface area contributed by atoms with Crippen LogP contribution in [0.4, 0.5) is 15.6 Å². The van der Waals surface area contributed by atoms with E-state index >= 15 is 0 Å². The number of amides is 2. The van der Waals surface area contributed by atoms with Gasteiger partial charge >= 0.3 is 6.03 Å². The van der Waals surface area contributed by atoms with Gasteiger partial charge in [-0.05, 0) is 43.7 Å². The Morgan fingerprint density at radius 1 is 1.11 bits per heavy atom. The summed E-state index contributed by atoms with van der Waals surface area (Å²) < 4.78 is 5.65. The average Bonchev–Trinajstić information content (AvgIpc) is 3.09. The molecule has 28 heavy (non-hydrogen) atoms. The zero-order valence-electron chi connectivity index (χ0n) is 15.0. The number of ether oxygens (including phenoxy) is 1. The lowest BCUT2D eigenvalue weighted by atomic mass is 10.2. The maximum atomic E-state index is 12.0. The monoisotopic (exact) mass is 436 g/mol. The fraction of sp³-hybridized carbons (Fsp3) is 0.211. The second kappa shape index (κ2) is 9.73. The van der Waals surface area contributed by atoms with Crippen LogP contribution in [0.3, 0.4) is 0 Å². The van der Waals surface area contributed by atoms with E-state index in [-0.39, 0.29) is 6.03 Å². The van der Waals surface area contributed by atoms with E-state index in [1.54, 1.807) is 18.2 Å². The summed E-state index contributed by atoms with van der Waals surface area (Å²) in [5, 5.41) is 15.8. The van der Waals surface area contributed by atoms with E-state index in [9.17, 15) is 4.79 Å². The maximum absolute atomic E-state index is 12.0. The number of aryl methyl sites for hydroxylation is 2. The number of anilines is 2. The minimum atomic E-state index is -0.354. The Bertz CT molecular complexity index is 947. The first kappa shape index (κ1) is 20.4. The number of rotatable bonds is 7. The van der Waals surface area contributed by atoms with Crippen LogP contribution in [0.15, 0.2) is 42.5 Å². The van der Waals surface area contributed by atoms with Crippen LogP contribution >= 0.6 is 34.5 Å². The van der Waals surface area contributed by atoms with Crippen LogP contribution in [0.2, 0.25) is 10.0 Å². The summed E-state index contributed by atoms with van der Waals surface area (Å²) in [7, 11) is 0. The third kappa shape index (κ3) is 6.09. The molecule has 3 rings (SSSR count). The van der Waals surface area contributed by atoms with E-state index in [1.807, 2.05) is 31.2 Å². The second-order valence-electron chi connectivity index (χ2n) is 5.97. The Labute approximate surface area is 176 Å². The number of hydrogen-bond donors (Lipinski definition) is 2. The first-order chi connectivity index (χ1) is 13.5. The summed E-state index contributed by atoms with van der Waals surface area (Å²) in [5.74, 6) is 0.596. The Kier molecular flexibility index (Phi) is 7.08. The highest BCUT2D eigenvalue weighted by Gasteiger charge is 2.09. The summed E-state index contributed by atoms with van der Waals surface area (Å²) in [6.45, 7) is 2.47. The van der Waals surface area contributed by atoms with E-state index in [4.69, 9.17) is 27.9 Å². The number of benzene rings is 2. The number of hydrogen-bond acceptors (Lipinski definition) is 5. The molecule has 0 unspecified atom stereocenters. The molecule has 9 heteroatoms. The molecule has 1 aromatic heterocycles. The van der Waals surface area contributed by atoms with E-state index in [0.717, 1.165) is 17.0 Å². The first-order valence-corrected chi connectivity index (χ1v) is 10.1. The van der Waals surface area contributed by atoms with Crippen molar-refractivity contribution in [3.63, 3.8) is 0 Å². The topological polar surface area (TPSA) is 76.1 Å². The third-order valence-electron chi connectivity index (χ3n) is 3.68. The molecule has 3 aromatic rings. The summed E-state index contributed by atoms with van der Waals surface area (Å²) in [6, 6.07) is 12.3. The highest BCUT2D eigenvalue weighted by atomic mass is 35.5. The SMILES string of the molecule is Cc1ccc(NC(=O)Nc2nnc(CCCOc3ccc(Cl)cc3Cl)s2)cc1. The van der Waals surface area contributed by atoms with Crippen LogP contribution in [-0.4, -0.2) is 22.8 Å². The number of carbonyl (C=O) groups excluding carboxylic acids is 1. The molecule has 6 nitrogen and oxygen atoms in total. The van der Waals surface area contributed by atoms with Gasteiger partial charge < -0.3 is 10.1 Å². The van der Waals surface area contributed by atoms with Crippen molar-refractivity contribution < 1.29 is 9.53 Å². The predicted octanol–water partition coefficient (Wildman–Crippen LogP) is 5.81. The lowest BCUT2D eigenvalue weighted by molar-refractivity contribution is 0.262. The Morgan fingerprint density at radius 2 is 1.89 bits per heavy atom. The summed E-state index contributed by atoms with van der Waals surface area (Å²) in [6.07, 6.45) is 1.42. The minimum absolute atomic E-state index is 0.354. The second-order valence-corrected chi connectivity index (χ2v) is 7.88. The fourth-order valence-electron chi connectivity index (χ4n) is 2.30. The van der Waals surface area contributed by atoms with Crippen molar-refractivity contribution in [3.8, 4) is 5.75 Å². The number of aromatic nitrogens is 2. The third-order valence-corrected chi connectivity index (χ3v) is 5.11. The molecule has 0 aliphatic heterocycles. The van der Waals surface area contributed by atoms with Crippen molar-refractivity contribution >= 4 is 51.4 Å². The van der Waals surface area contributed by atoms with Gasteiger partial charge in [0.1, 0.15) is 10.8 Å². The minimum Gasteiger partial charge on any atom is -0.492 e. The van der Waals surface area contributed by atoms with E-state index in [0.29, 0.717) is 39.6 Å². The molecule has 0 aliphatic rings. The van der Waals surface area contributed by atoms with Gasteiger partial charge in [0.05, 0.1) is 11.6 Å². The summed E-state index contributed by atoms with van der Waals surface area (Å²) in [5.41, 5.74) is 1.84. The quantitative estimate of drug-likeness (QED) is 0.458. The highest BCUT2D eigenvalue weighted by molar-refractivity contribution is 7.15. The van der Waals surface area contributed by atoms with Crippen LogP contribution in [0.25, 0.3) is 0 Å². The van der Waals surface area contributed by atoms with E-state index in [2.05, 4.69) is 20.8 Å². The maximum Gasteiger partial charge on any atom is 0.325 e. The van der Waals surface area contributed by atoms with Crippen molar-refractivity contribution in [1.82, 2.24) is 10.2 Å². The van der Waals surface area contributed by atoms with Gasteiger partial charge in [-0.15, -0.1) is 10.2 Å². The molecule has 2 N–H and O–H groups in total. The molecular formula is C19H18Cl2N4O2S. The Balaban J connectivity index is 1.42. The molecule has 0 spiro atoms. The van der Waals surface area contributed by atoms with Gasteiger partial charge in [0.25, 0.3) is 0 Å². The van der Waals surface area contributed by atoms with Gasteiger partial charge in [0.2, 0.25) is 5.13 Å². The van der Waals surface area contributed by atoms with Crippen molar-refractivity contribution in [3.05, 3.63) is 63.1 Å². The molecule has 146 valence electrons. The van der Waals surface area contributed by atoms with E-state index < -0.39 is 0 Å². The molecule has 0 bridgehead atoms. The van der Waals surface area contributed by atoms with Gasteiger partial charge in [0, 0.05) is 17.1 Å². The standard InChI is InChI=1S/C19H18Cl2N4O2S/c1-12-4-7-14(8-5-12)22-18(26)23-19-25-24-17(28-19)3-2-10-27-16-9-6-13(20)11-15(16)21/h4-9,11H,2-3,10H2,1H3,(H2,22,23,25,26). The Hall–Kier alpha value is -2.35. The fourth-order valence-corrected chi connectivity index (χ4v) is 3.54. The summed E-state index contributed by atoms with van der Waals surface area (Å²) in [4.78, 5) is 12.0. The van der Waals surface area contributed by atoms with Crippen molar-refractivity contribution in [1.29, 1.82) is 0 Å². The lowest BCUT2D eigenvalue weighted by Crippen LogP contribution is -2.19. The van der Waals surface area contributed by atoms with E-state index in [1.165, 1.54) is 11.3 Å². The van der Waals surface area contributed by atoms with Crippen LogP contribution in [-0.2, 0) is 6.42 Å². The number of urea groups is 1. The molecule has 0 saturated heterocycles. The zero-order valence-corrected chi connectivity index (χ0v) is 17.4. The molecule has 0 fully saturated rings. The molecular weight excluding hydrogens is 419 g/mol. The van der Waals surface area contributed by atoms with Crippen LogP contribution in [0.5, 0.6) is 5.75 Å². The molecule has 2 aromatic carbocycles. The van der Waals surface area contributed by atoms with Crippen LogP contribution < -0.4 is 15.4 Å². The van der Waals surface area contributed by atoms with Crippen molar-refractivity contribution in [2.75, 3.05) is 17.2 Å². The number of nitrogens with one attached hydrogen (secondary N) is 2. The van der Waals surface area contributed by atoms with Gasteiger partial charge in [-0.1, -0.05) is 52.2 Å². The molecule has 0 radical (unpaired) electrons. The number of carbonyl (C=O) groups is 1. The van der Waals surface area contributed by atoms with Crippen molar-refractivity contribution in [2.24, 2.45) is 0 Å². The average molecular weight is 437 g/mol. The normalized spacial score (nSPS) is 10.5. The number of nitrogens with zero attached hydrogens (tertiary/aromatic N) is 2. The van der Waals surface area contributed by atoms with Gasteiger partial charge in [-0.2, -0.15) is 0 Å². The van der Waals surface area contributed by atoms with Gasteiger partial charge in [-0.3, -0.25) is 5.32 Å². The predicted molar refractivity (Wildman–Crippen MR) is 114 cm³/mol. The lowest BCUT2D eigenvalue weighted by Gasteiger charge is -2.07. The van der Waals surface area contributed by atoms with Crippen LogP contribution in [0.1, 0.15) is 17.0 Å². The smallest absolute Gasteiger partial charge is 0.325 e. The molecule has 0 saturated carbocycles. The van der Waals surface area contributed by atoms with Gasteiger partial charge in [0.15, 0.2) is 0 Å². The van der Waals surface area contributed by atoms with Crippen molar-refractivity contribution in [2.45, 2.75) is 19.8 Å². The highest BCUT2D eigenvalue weighted by Crippen LogP contribution is 2.27. The molecule has 2 amide bonds. The largest absolute Gasteiger partial charge is 0.492 e. The summed E-state index contributed by atoms with van der Waals surface area (Å²) >= 11 is 13.3. The zero-order chi connectivity index (χ0) is 19.9. The molecule has 0 atom stereocenters. The Morgan fingerprint density at radius 3 is 2.64 bits per heavy atom. The molecule has 1 heterocycles. The first-order valence-electron chi connectivity index (χ1n) is 8.54. The van der Waals surface area contributed by atoms with Gasteiger partial charge in [-0.25, -0.2) is 4.79 Å². The molecule has 0 aliphatic carbocycles. The number of halogens is 2.